The zero-order chi connectivity index (χ0) is 15.3. The van der Waals surface area contributed by atoms with Crippen molar-refractivity contribution < 1.29 is 23.0 Å². The van der Waals surface area contributed by atoms with Gasteiger partial charge in [0.1, 0.15) is 11.4 Å². The maximum absolute atomic E-state index is 13.5. The molecule has 0 aromatic heterocycles. The van der Waals surface area contributed by atoms with E-state index in [4.69, 9.17) is 9.47 Å². The molecule has 0 fully saturated rings. The molecule has 6 heteroatoms. The third-order valence-corrected chi connectivity index (χ3v) is 3.11. The molecule has 1 N–H and O–H groups in total. The lowest BCUT2D eigenvalue weighted by Gasteiger charge is -2.29. The fourth-order valence-corrected chi connectivity index (χ4v) is 1.92. The van der Waals surface area contributed by atoms with Crippen LogP contribution in [0.25, 0.3) is 0 Å². The first kappa shape index (κ1) is 16.4. The summed E-state index contributed by atoms with van der Waals surface area (Å²) >= 11 is 0. The second kappa shape index (κ2) is 6.65. The number of benzene rings is 1. The third-order valence-electron chi connectivity index (χ3n) is 3.11. The van der Waals surface area contributed by atoms with Gasteiger partial charge in [-0.05, 0) is 33.0 Å². The Hall–Kier alpha value is -1.69. The van der Waals surface area contributed by atoms with E-state index < -0.39 is 29.2 Å². The summed E-state index contributed by atoms with van der Waals surface area (Å²) in [5.41, 5.74) is -0.940. The van der Waals surface area contributed by atoms with Crippen molar-refractivity contribution in [2.24, 2.45) is 0 Å². The molecule has 0 radical (unpaired) electrons. The van der Waals surface area contributed by atoms with E-state index in [0.717, 1.165) is 12.1 Å². The highest BCUT2D eigenvalue weighted by Crippen LogP contribution is 2.22. The van der Waals surface area contributed by atoms with Gasteiger partial charge in [0.25, 0.3) is 0 Å². The Morgan fingerprint density at radius 2 is 2.10 bits per heavy atom. The van der Waals surface area contributed by atoms with Crippen molar-refractivity contribution in [1.29, 1.82) is 0 Å². The summed E-state index contributed by atoms with van der Waals surface area (Å²) in [5, 5.41) is 2.86. The molecule has 0 amide bonds. The van der Waals surface area contributed by atoms with Crippen LogP contribution < -0.4 is 10.1 Å². The number of ether oxygens (including phenoxy) is 2. The van der Waals surface area contributed by atoms with Crippen molar-refractivity contribution in [3.05, 3.63) is 29.8 Å². The van der Waals surface area contributed by atoms with Crippen molar-refractivity contribution >= 4 is 5.97 Å². The number of methoxy groups -OCH3 is 1. The fourth-order valence-electron chi connectivity index (χ4n) is 1.92. The Balaban J connectivity index is 2.76. The van der Waals surface area contributed by atoms with Gasteiger partial charge in [0.2, 0.25) is 0 Å². The summed E-state index contributed by atoms with van der Waals surface area (Å²) < 4.78 is 36.4. The number of hydrogen-bond donors (Lipinski definition) is 1. The summed E-state index contributed by atoms with van der Waals surface area (Å²) in [6.07, 6.45) is -0.195. The van der Waals surface area contributed by atoms with E-state index in [-0.39, 0.29) is 12.2 Å². The summed E-state index contributed by atoms with van der Waals surface area (Å²) in [6, 6.07) is 3.08. The fraction of sp³-hybridized carbons (Fsp3) is 0.500. The van der Waals surface area contributed by atoms with Crippen LogP contribution in [0.5, 0.6) is 5.75 Å². The summed E-state index contributed by atoms with van der Waals surface area (Å²) in [6.45, 7) is 3.36. The highest BCUT2D eigenvalue weighted by atomic mass is 19.1. The number of carbonyl (C=O) groups excluding carboxylic acids is 1. The van der Waals surface area contributed by atoms with E-state index >= 15 is 0 Å². The highest BCUT2D eigenvalue weighted by molar-refractivity contribution is 5.80. The zero-order valence-electron chi connectivity index (χ0n) is 12.0. The molecule has 2 unspecified atom stereocenters. The Labute approximate surface area is 117 Å². The van der Waals surface area contributed by atoms with Crippen molar-refractivity contribution in [2.75, 3.05) is 14.2 Å². The van der Waals surface area contributed by atoms with Gasteiger partial charge in [-0.1, -0.05) is 0 Å². The van der Waals surface area contributed by atoms with Crippen LogP contribution in [0, 0.1) is 11.6 Å². The molecule has 2 atom stereocenters. The molecule has 0 aliphatic carbocycles. The smallest absolute Gasteiger partial charge is 0.325 e. The molecular weight excluding hydrogens is 268 g/mol. The molecule has 0 aliphatic rings. The van der Waals surface area contributed by atoms with Crippen molar-refractivity contribution in [3.8, 4) is 5.75 Å². The molecule has 0 bridgehead atoms. The predicted molar refractivity (Wildman–Crippen MR) is 70.5 cm³/mol. The molecule has 0 spiro atoms. The van der Waals surface area contributed by atoms with Crippen LogP contribution in [0.3, 0.4) is 0 Å². The number of nitrogens with one attached hydrogen (secondary N) is 1. The van der Waals surface area contributed by atoms with Crippen molar-refractivity contribution in [3.63, 3.8) is 0 Å². The van der Waals surface area contributed by atoms with Gasteiger partial charge in [-0.2, -0.15) is 0 Å². The molecule has 1 rings (SSSR count). The van der Waals surface area contributed by atoms with E-state index in [1.54, 1.807) is 20.9 Å². The maximum atomic E-state index is 13.5. The number of carbonyl (C=O) groups is 1. The van der Waals surface area contributed by atoms with Crippen LogP contribution in [0.4, 0.5) is 8.78 Å². The van der Waals surface area contributed by atoms with Gasteiger partial charge in [-0.25, -0.2) is 8.78 Å². The second-order valence-electron chi connectivity index (χ2n) is 4.78. The van der Waals surface area contributed by atoms with Crippen molar-refractivity contribution in [2.45, 2.75) is 31.9 Å². The molecule has 0 aliphatic heterocycles. The maximum Gasteiger partial charge on any atom is 0.325 e. The molecule has 0 saturated heterocycles. The Kier molecular flexibility index (Phi) is 5.44. The molecule has 1 aromatic carbocycles. The first-order valence-corrected chi connectivity index (χ1v) is 6.21. The quantitative estimate of drug-likeness (QED) is 0.815. The lowest BCUT2D eigenvalue weighted by molar-refractivity contribution is -0.148. The average Bonchev–Trinajstić information content (AvgIpc) is 2.40. The molecule has 0 saturated carbocycles. The minimum Gasteiger partial charge on any atom is -0.488 e. The Bertz CT molecular complexity index is 481. The summed E-state index contributed by atoms with van der Waals surface area (Å²) in [4.78, 5) is 11.7. The Morgan fingerprint density at radius 1 is 1.45 bits per heavy atom. The molecule has 4 nitrogen and oxygen atoms in total. The molecule has 112 valence electrons. The first-order chi connectivity index (χ1) is 9.32. The van der Waals surface area contributed by atoms with Gasteiger partial charge in [0, 0.05) is 12.5 Å². The second-order valence-corrected chi connectivity index (χ2v) is 4.78. The van der Waals surface area contributed by atoms with Gasteiger partial charge >= 0.3 is 5.97 Å². The normalized spacial score (nSPS) is 15.3. The van der Waals surface area contributed by atoms with Crippen LogP contribution in [0.1, 0.15) is 20.3 Å². The molecule has 0 heterocycles. The largest absolute Gasteiger partial charge is 0.488 e. The van der Waals surface area contributed by atoms with Crippen LogP contribution in [-0.2, 0) is 9.53 Å². The highest BCUT2D eigenvalue weighted by Gasteiger charge is 2.35. The lowest BCUT2D eigenvalue weighted by Crippen LogP contribution is -2.50. The average molecular weight is 287 g/mol. The minimum atomic E-state index is -0.940. The first-order valence-electron chi connectivity index (χ1n) is 6.21. The van der Waals surface area contributed by atoms with Crippen LogP contribution in [0.15, 0.2) is 18.2 Å². The number of hydrogen-bond acceptors (Lipinski definition) is 4. The molecular formula is C14H19F2NO3. The van der Waals surface area contributed by atoms with E-state index in [9.17, 15) is 13.6 Å². The van der Waals surface area contributed by atoms with Crippen molar-refractivity contribution in [1.82, 2.24) is 5.32 Å². The standard InChI is InChI=1S/C14H19F2NO3/c1-9(8-14(2,17-3)13(18)19-4)20-12-6-5-10(15)7-11(12)16/h5-7,9,17H,8H2,1-4H3. The van der Waals surface area contributed by atoms with Gasteiger partial charge < -0.3 is 14.8 Å². The van der Waals surface area contributed by atoms with Crippen LogP contribution >= 0.6 is 0 Å². The number of rotatable bonds is 6. The number of esters is 1. The summed E-state index contributed by atoms with van der Waals surface area (Å²) in [7, 11) is 2.92. The van der Waals surface area contributed by atoms with Crippen LogP contribution in [-0.4, -0.2) is 31.8 Å². The monoisotopic (exact) mass is 287 g/mol. The van der Waals surface area contributed by atoms with E-state index in [2.05, 4.69) is 5.32 Å². The lowest BCUT2D eigenvalue weighted by atomic mass is 9.95. The SMILES string of the molecule is CNC(C)(CC(C)Oc1ccc(F)cc1F)C(=O)OC. The minimum absolute atomic E-state index is 0.0535. The summed E-state index contributed by atoms with van der Waals surface area (Å²) in [5.74, 6) is -1.93. The topological polar surface area (TPSA) is 47.6 Å². The van der Waals surface area contributed by atoms with Gasteiger partial charge in [0.05, 0.1) is 13.2 Å². The molecule has 20 heavy (non-hydrogen) atoms. The predicted octanol–water partition coefficient (Wildman–Crippen LogP) is 2.27. The van der Waals surface area contributed by atoms with Crippen LogP contribution in [0.2, 0.25) is 0 Å². The Morgan fingerprint density at radius 3 is 2.60 bits per heavy atom. The van der Waals surface area contributed by atoms with E-state index in [1.165, 1.54) is 13.2 Å². The molecule has 1 aromatic rings. The number of halogens is 2. The zero-order valence-corrected chi connectivity index (χ0v) is 12.0. The van der Waals surface area contributed by atoms with Gasteiger partial charge in [-0.15, -0.1) is 0 Å². The number of likely N-dealkylation sites (N-methyl/N-ethyl adjacent to an activating group) is 1. The third kappa shape index (κ3) is 3.90. The van der Waals surface area contributed by atoms with E-state index in [1.807, 2.05) is 0 Å². The van der Waals surface area contributed by atoms with Gasteiger partial charge in [-0.3, -0.25) is 4.79 Å². The van der Waals surface area contributed by atoms with Gasteiger partial charge in [0.15, 0.2) is 11.6 Å². The van der Waals surface area contributed by atoms with E-state index in [0.29, 0.717) is 0 Å².